The van der Waals surface area contributed by atoms with E-state index in [4.69, 9.17) is 23.1 Å². The molecule has 1 heterocycles. The van der Waals surface area contributed by atoms with Gasteiger partial charge in [-0.1, -0.05) is 65.8 Å². The minimum atomic E-state index is -2.24. The van der Waals surface area contributed by atoms with E-state index in [0.717, 1.165) is 11.1 Å². The molecule has 0 N–H and O–H groups in total. The number of carbonyl (C=O) groups excluding carboxylic acids is 1. The molecular formula is C30H50O6Si2. The van der Waals surface area contributed by atoms with Crippen LogP contribution in [0.2, 0.25) is 36.3 Å². The average molecular weight is 563 g/mol. The van der Waals surface area contributed by atoms with Crippen LogP contribution in [0.1, 0.15) is 78.7 Å². The van der Waals surface area contributed by atoms with Crippen LogP contribution in [0, 0.1) is 11.8 Å². The van der Waals surface area contributed by atoms with Crippen molar-refractivity contribution in [1.82, 2.24) is 0 Å². The molecule has 0 unspecified atom stereocenters. The standard InChI is InChI=1S/C30H50O6Si2/c1-13-32-23(33-14-2)19-22-24-25(28(31)34-22)27(36-38(11,12)30(6,7)8)21-18-16-15-17-20(21)26(24)35-37(9,10)29(3,4)5/h15-19,23-27H,13-14H2,1-12H3/b22-19-/t24-,25+,26+,27-/m1/s1. The molecule has 1 aliphatic heterocycles. The summed E-state index contributed by atoms with van der Waals surface area (Å²) in [6, 6.07) is 8.31. The predicted octanol–water partition coefficient (Wildman–Crippen LogP) is 7.90. The smallest absolute Gasteiger partial charge is 0.317 e. The summed E-state index contributed by atoms with van der Waals surface area (Å²) in [4.78, 5) is 13.7. The van der Waals surface area contributed by atoms with E-state index < -0.39 is 34.9 Å². The molecule has 6 nitrogen and oxygen atoms in total. The van der Waals surface area contributed by atoms with Gasteiger partial charge in [-0.25, -0.2) is 0 Å². The first-order chi connectivity index (χ1) is 17.4. The van der Waals surface area contributed by atoms with Crippen LogP contribution < -0.4 is 0 Å². The highest BCUT2D eigenvalue weighted by Crippen LogP contribution is 2.57. The van der Waals surface area contributed by atoms with E-state index in [9.17, 15) is 4.79 Å². The summed E-state index contributed by atoms with van der Waals surface area (Å²) in [5.74, 6) is -0.544. The van der Waals surface area contributed by atoms with Crippen LogP contribution in [-0.2, 0) is 27.9 Å². The van der Waals surface area contributed by atoms with Crippen molar-refractivity contribution in [3.05, 3.63) is 47.2 Å². The number of hydrogen-bond donors (Lipinski definition) is 0. The third-order valence-electron chi connectivity index (χ3n) is 8.89. The molecule has 214 valence electrons. The Hall–Kier alpha value is -1.30. The molecule has 1 saturated heterocycles. The minimum Gasteiger partial charge on any atom is -0.430 e. The fourth-order valence-electron chi connectivity index (χ4n) is 4.66. The number of esters is 1. The summed E-state index contributed by atoms with van der Waals surface area (Å²) in [6.45, 7) is 27.2. The maximum absolute atomic E-state index is 13.7. The van der Waals surface area contributed by atoms with Crippen molar-refractivity contribution >= 4 is 22.6 Å². The molecule has 4 atom stereocenters. The van der Waals surface area contributed by atoms with Gasteiger partial charge in [0, 0.05) is 19.3 Å². The second kappa shape index (κ2) is 11.3. The van der Waals surface area contributed by atoms with Gasteiger partial charge in [-0.05, 0) is 61.2 Å². The zero-order valence-electron chi connectivity index (χ0n) is 25.6. The Labute approximate surface area is 232 Å². The fraction of sp³-hybridized carbons (Fsp3) is 0.700. The highest BCUT2D eigenvalue weighted by atomic mass is 28.4. The molecule has 1 aromatic rings. The quantitative estimate of drug-likeness (QED) is 0.173. The molecule has 0 saturated carbocycles. The van der Waals surface area contributed by atoms with Crippen molar-refractivity contribution in [2.75, 3.05) is 13.2 Å². The minimum absolute atomic E-state index is 0.00153. The molecular weight excluding hydrogens is 512 g/mol. The lowest BCUT2D eigenvalue weighted by atomic mass is 9.72. The molecule has 2 aliphatic rings. The van der Waals surface area contributed by atoms with Crippen molar-refractivity contribution in [2.24, 2.45) is 11.8 Å². The number of benzene rings is 1. The van der Waals surface area contributed by atoms with Crippen LogP contribution in [0.15, 0.2) is 36.1 Å². The third-order valence-corrected chi connectivity index (χ3v) is 17.8. The highest BCUT2D eigenvalue weighted by molar-refractivity contribution is 6.74. The molecule has 0 amide bonds. The van der Waals surface area contributed by atoms with E-state index in [1.165, 1.54) is 0 Å². The molecule has 0 aromatic heterocycles. The van der Waals surface area contributed by atoms with Crippen molar-refractivity contribution < 1.29 is 27.9 Å². The molecule has 0 bridgehead atoms. The summed E-state index contributed by atoms with van der Waals surface area (Å²) in [5, 5.41) is -0.0133. The molecule has 3 rings (SSSR count). The first-order valence-electron chi connectivity index (χ1n) is 14.1. The van der Waals surface area contributed by atoms with Gasteiger partial charge in [0.15, 0.2) is 22.9 Å². The van der Waals surface area contributed by atoms with Gasteiger partial charge in [0.05, 0.1) is 24.0 Å². The van der Waals surface area contributed by atoms with Crippen LogP contribution in [0.25, 0.3) is 0 Å². The summed E-state index contributed by atoms with van der Waals surface area (Å²) >= 11 is 0. The van der Waals surface area contributed by atoms with Gasteiger partial charge in [-0.15, -0.1) is 0 Å². The molecule has 38 heavy (non-hydrogen) atoms. The number of rotatable bonds is 9. The van der Waals surface area contributed by atoms with Crippen LogP contribution in [0.3, 0.4) is 0 Å². The van der Waals surface area contributed by atoms with Crippen LogP contribution in [-0.4, -0.2) is 42.1 Å². The van der Waals surface area contributed by atoms with Gasteiger partial charge in [0.1, 0.15) is 5.76 Å². The van der Waals surface area contributed by atoms with Crippen LogP contribution >= 0.6 is 0 Å². The van der Waals surface area contributed by atoms with Gasteiger partial charge in [-0.3, -0.25) is 4.79 Å². The summed E-state index contributed by atoms with van der Waals surface area (Å²) in [7, 11) is -4.47. The number of ether oxygens (including phenoxy) is 3. The summed E-state index contributed by atoms with van der Waals surface area (Å²) < 4.78 is 31.9. The van der Waals surface area contributed by atoms with Crippen LogP contribution in [0.4, 0.5) is 0 Å². The van der Waals surface area contributed by atoms with Crippen molar-refractivity contribution in [1.29, 1.82) is 0 Å². The molecule has 1 aliphatic carbocycles. The van der Waals surface area contributed by atoms with Crippen molar-refractivity contribution in [2.45, 2.75) is 110 Å². The zero-order valence-corrected chi connectivity index (χ0v) is 27.6. The number of fused-ring (bicyclic) bond motifs is 2. The lowest BCUT2D eigenvalue weighted by Crippen LogP contribution is -2.48. The maximum atomic E-state index is 13.7. The van der Waals surface area contributed by atoms with Crippen molar-refractivity contribution in [3.63, 3.8) is 0 Å². The Kier molecular flexibility index (Phi) is 9.28. The van der Waals surface area contributed by atoms with E-state index >= 15 is 0 Å². The van der Waals surface area contributed by atoms with E-state index in [-0.39, 0.29) is 28.1 Å². The summed E-state index contributed by atoms with van der Waals surface area (Å²) in [6.07, 6.45) is 0.483. The third kappa shape index (κ3) is 6.21. The molecule has 8 heteroatoms. The molecule has 0 radical (unpaired) electrons. The SMILES string of the molecule is CCOC(/C=C1\OC(=O)[C@H]2[C@@H]1[C@@H](O[Si](C)(C)C(C)(C)C)c1ccccc1[C@H]2O[Si](C)(C)C(C)(C)C)OCC. The zero-order chi connectivity index (χ0) is 28.7. The lowest BCUT2D eigenvalue weighted by Gasteiger charge is -2.47. The van der Waals surface area contributed by atoms with Gasteiger partial charge in [-0.2, -0.15) is 0 Å². The van der Waals surface area contributed by atoms with Gasteiger partial charge >= 0.3 is 5.97 Å². The monoisotopic (exact) mass is 562 g/mol. The average Bonchev–Trinajstić information content (AvgIpc) is 3.10. The number of cyclic esters (lactones) is 1. The van der Waals surface area contributed by atoms with Gasteiger partial charge < -0.3 is 23.1 Å². The second-order valence-electron chi connectivity index (χ2n) is 13.5. The van der Waals surface area contributed by atoms with E-state index in [1.54, 1.807) is 0 Å². The molecule has 1 aromatic carbocycles. The highest BCUT2D eigenvalue weighted by Gasteiger charge is 2.58. The Morgan fingerprint density at radius 3 is 1.63 bits per heavy atom. The maximum Gasteiger partial charge on any atom is 0.317 e. The second-order valence-corrected chi connectivity index (χ2v) is 23.1. The van der Waals surface area contributed by atoms with E-state index in [1.807, 2.05) is 26.0 Å². The Morgan fingerprint density at radius 1 is 0.816 bits per heavy atom. The fourth-order valence-corrected chi connectivity index (χ4v) is 7.18. The van der Waals surface area contributed by atoms with E-state index in [0.29, 0.717) is 19.0 Å². The predicted molar refractivity (Wildman–Crippen MR) is 157 cm³/mol. The lowest BCUT2D eigenvalue weighted by molar-refractivity contribution is -0.143. The largest absolute Gasteiger partial charge is 0.430 e. The first-order valence-corrected chi connectivity index (χ1v) is 19.9. The Morgan fingerprint density at radius 2 is 1.24 bits per heavy atom. The molecule has 1 fully saturated rings. The first kappa shape index (κ1) is 31.2. The topological polar surface area (TPSA) is 63.2 Å². The van der Waals surface area contributed by atoms with Gasteiger partial charge in [0.25, 0.3) is 0 Å². The Bertz CT molecular complexity index is 1010. The number of carbonyl (C=O) groups is 1. The van der Waals surface area contributed by atoms with Gasteiger partial charge in [0.2, 0.25) is 0 Å². The normalized spacial score (nSPS) is 25.5. The van der Waals surface area contributed by atoms with Crippen LogP contribution in [0.5, 0.6) is 0 Å². The Balaban J connectivity index is 2.22. The van der Waals surface area contributed by atoms with Crippen molar-refractivity contribution in [3.8, 4) is 0 Å². The molecule has 0 spiro atoms. The summed E-state index contributed by atoms with van der Waals surface area (Å²) in [5.41, 5.74) is 2.11. The number of hydrogen-bond acceptors (Lipinski definition) is 6. The van der Waals surface area contributed by atoms with E-state index in [2.05, 4.69) is 85.9 Å².